The maximum atomic E-state index is 11.7. The van der Waals surface area contributed by atoms with Crippen LogP contribution < -0.4 is 5.32 Å². The molecule has 3 nitrogen and oxygen atoms in total. The Balaban J connectivity index is 2.01. The van der Waals surface area contributed by atoms with Crippen molar-refractivity contribution >= 4 is 5.91 Å². The van der Waals surface area contributed by atoms with Crippen LogP contribution in [0.15, 0.2) is 0 Å². The Kier molecular flexibility index (Phi) is 6.30. The summed E-state index contributed by atoms with van der Waals surface area (Å²) in [6.45, 7) is -0.514. The second-order valence-electron chi connectivity index (χ2n) is 4.12. The Labute approximate surface area is 94.5 Å². The molecule has 0 aromatic carbocycles. The van der Waals surface area contributed by atoms with Crippen molar-refractivity contribution in [2.75, 3.05) is 13.2 Å². The lowest BCUT2D eigenvalue weighted by Crippen LogP contribution is -2.36. The molecular formula is C11H19F2NO2. The largest absolute Gasteiger partial charge is 0.375 e. The van der Waals surface area contributed by atoms with E-state index < -0.39 is 13.0 Å². The Morgan fingerprint density at radius 1 is 1.31 bits per heavy atom. The second-order valence-corrected chi connectivity index (χ2v) is 4.12. The number of carbonyl (C=O) groups is 1. The van der Waals surface area contributed by atoms with Gasteiger partial charge in [0.2, 0.25) is 5.91 Å². The van der Waals surface area contributed by atoms with Crippen LogP contribution in [0, 0.1) is 0 Å². The van der Waals surface area contributed by atoms with Crippen molar-refractivity contribution in [1.29, 1.82) is 0 Å². The first-order valence-corrected chi connectivity index (χ1v) is 5.83. The van der Waals surface area contributed by atoms with Gasteiger partial charge in [0, 0.05) is 12.5 Å². The monoisotopic (exact) mass is 235 g/mol. The van der Waals surface area contributed by atoms with Gasteiger partial charge in [-0.2, -0.15) is 0 Å². The van der Waals surface area contributed by atoms with Gasteiger partial charge in [-0.3, -0.25) is 4.79 Å². The van der Waals surface area contributed by atoms with Crippen molar-refractivity contribution in [3.05, 3.63) is 0 Å². The van der Waals surface area contributed by atoms with Gasteiger partial charge in [0.1, 0.15) is 6.61 Å². The first-order chi connectivity index (χ1) is 7.68. The molecule has 0 aliphatic heterocycles. The van der Waals surface area contributed by atoms with Gasteiger partial charge in [0.25, 0.3) is 6.43 Å². The number of halogens is 2. The molecule has 16 heavy (non-hydrogen) atoms. The van der Waals surface area contributed by atoms with Gasteiger partial charge >= 0.3 is 0 Å². The van der Waals surface area contributed by atoms with Crippen molar-refractivity contribution in [1.82, 2.24) is 5.32 Å². The van der Waals surface area contributed by atoms with E-state index in [1.807, 2.05) is 0 Å². The van der Waals surface area contributed by atoms with Gasteiger partial charge in [0.05, 0.1) is 6.61 Å². The lowest BCUT2D eigenvalue weighted by molar-refractivity contribution is -0.123. The van der Waals surface area contributed by atoms with Crippen LogP contribution in [0.2, 0.25) is 0 Å². The average Bonchev–Trinajstić information content (AvgIpc) is 2.25. The third kappa shape index (κ3) is 6.00. The molecule has 1 rings (SSSR count). The lowest BCUT2D eigenvalue weighted by Gasteiger charge is -2.22. The van der Waals surface area contributed by atoms with E-state index in [1.54, 1.807) is 0 Å². The number of rotatable bonds is 6. The van der Waals surface area contributed by atoms with E-state index in [1.165, 1.54) is 6.42 Å². The molecule has 1 saturated carbocycles. The van der Waals surface area contributed by atoms with Gasteiger partial charge in [-0.05, 0) is 12.8 Å². The minimum atomic E-state index is -2.46. The highest BCUT2D eigenvalue weighted by molar-refractivity contribution is 5.76. The number of amides is 1. The zero-order valence-corrected chi connectivity index (χ0v) is 9.38. The highest BCUT2D eigenvalue weighted by Crippen LogP contribution is 2.17. The smallest absolute Gasteiger partial charge is 0.261 e. The minimum Gasteiger partial charge on any atom is -0.375 e. The van der Waals surface area contributed by atoms with E-state index in [-0.39, 0.29) is 25.0 Å². The third-order valence-electron chi connectivity index (χ3n) is 2.69. The summed E-state index contributed by atoms with van der Waals surface area (Å²) in [4.78, 5) is 11.4. The van der Waals surface area contributed by atoms with Gasteiger partial charge < -0.3 is 10.1 Å². The molecule has 1 aliphatic rings. The van der Waals surface area contributed by atoms with Crippen LogP contribution in [0.4, 0.5) is 8.78 Å². The summed E-state index contributed by atoms with van der Waals surface area (Å²) in [5.74, 6) is -0.0961. The second kappa shape index (κ2) is 7.54. The highest BCUT2D eigenvalue weighted by Gasteiger charge is 2.15. The van der Waals surface area contributed by atoms with Crippen LogP contribution in [0.3, 0.4) is 0 Å². The van der Waals surface area contributed by atoms with E-state index in [9.17, 15) is 13.6 Å². The summed E-state index contributed by atoms with van der Waals surface area (Å²) in [5.41, 5.74) is 0. The number of alkyl halides is 2. The van der Waals surface area contributed by atoms with E-state index in [0.717, 1.165) is 25.7 Å². The molecule has 0 heterocycles. The summed E-state index contributed by atoms with van der Waals surface area (Å²) < 4.78 is 28.1. The standard InChI is InChI=1S/C11H19F2NO2/c12-10(13)8-16-7-6-11(15)14-9-4-2-1-3-5-9/h9-10H,1-8H2,(H,14,15). The Morgan fingerprint density at radius 3 is 2.62 bits per heavy atom. The first kappa shape index (κ1) is 13.4. The summed E-state index contributed by atoms with van der Waals surface area (Å²) in [5, 5.41) is 2.90. The summed E-state index contributed by atoms with van der Waals surface area (Å²) >= 11 is 0. The molecule has 94 valence electrons. The summed E-state index contributed by atoms with van der Waals surface area (Å²) in [7, 11) is 0. The van der Waals surface area contributed by atoms with Gasteiger partial charge in [0.15, 0.2) is 0 Å². The molecule has 5 heteroatoms. The Hall–Kier alpha value is -0.710. The molecule has 0 aromatic rings. The molecule has 0 saturated heterocycles. The molecule has 0 aromatic heterocycles. The lowest BCUT2D eigenvalue weighted by atomic mass is 9.95. The number of nitrogens with one attached hydrogen (secondary N) is 1. The molecule has 0 atom stereocenters. The Bertz CT molecular complexity index is 206. The SMILES string of the molecule is O=C(CCOCC(F)F)NC1CCCCC1. The van der Waals surface area contributed by atoms with Gasteiger partial charge in [-0.1, -0.05) is 19.3 Å². The average molecular weight is 235 g/mol. The van der Waals surface area contributed by atoms with Gasteiger partial charge in [-0.25, -0.2) is 8.78 Å². The normalized spacial score (nSPS) is 17.7. The molecule has 1 aliphatic carbocycles. The maximum Gasteiger partial charge on any atom is 0.261 e. The molecule has 1 N–H and O–H groups in total. The number of ether oxygens (including phenoxy) is 1. The molecule has 1 amide bonds. The molecule has 0 bridgehead atoms. The zero-order chi connectivity index (χ0) is 11.8. The van der Waals surface area contributed by atoms with Crippen LogP contribution in [0.5, 0.6) is 0 Å². The fourth-order valence-corrected chi connectivity index (χ4v) is 1.88. The zero-order valence-electron chi connectivity index (χ0n) is 9.38. The van der Waals surface area contributed by atoms with E-state index >= 15 is 0 Å². The van der Waals surface area contributed by atoms with Crippen molar-refractivity contribution in [3.63, 3.8) is 0 Å². The van der Waals surface area contributed by atoms with Crippen LogP contribution in [-0.4, -0.2) is 31.6 Å². The predicted molar refractivity (Wildman–Crippen MR) is 56.5 cm³/mol. The van der Waals surface area contributed by atoms with Gasteiger partial charge in [-0.15, -0.1) is 0 Å². The quantitative estimate of drug-likeness (QED) is 0.716. The van der Waals surface area contributed by atoms with Crippen LogP contribution >= 0.6 is 0 Å². The van der Waals surface area contributed by atoms with Crippen LogP contribution in [0.1, 0.15) is 38.5 Å². The molecule has 1 fully saturated rings. The van der Waals surface area contributed by atoms with Crippen molar-refractivity contribution < 1.29 is 18.3 Å². The molecule has 0 spiro atoms. The van der Waals surface area contributed by atoms with Crippen molar-refractivity contribution in [2.45, 2.75) is 51.0 Å². The van der Waals surface area contributed by atoms with Crippen molar-refractivity contribution in [2.24, 2.45) is 0 Å². The maximum absolute atomic E-state index is 11.7. The fraction of sp³-hybridized carbons (Fsp3) is 0.909. The predicted octanol–water partition coefficient (Wildman–Crippen LogP) is 2.11. The Morgan fingerprint density at radius 2 is 2.00 bits per heavy atom. The van der Waals surface area contributed by atoms with E-state index in [2.05, 4.69) is 10.1 Å². The topological polar surface area (TPSA) is 38.3 Å². The van der Waals surface area contributed by atoms with E-state index in [4.69, 9.17) is 0 Å². The summed E-state index contributed by atoms with van der Waals surface area (Å²) in [6, 6.07) is 0.274. The first-order valence-electron chi connectivity index (χ1n) is 5.83. The molecular weight excluding hydrogens is 216 g/mol. The van der Waals surface area contributed by atoms with Crippen LogP contribution in [0.25, 0.3) is 0 Å². The van der Waals surface area contributed by atoms with Crippen LogP contribution in [-0.2, 0) is 9.53 Å². The van der Waals surface area contributed by atoms with E-state index in [0.29, 0.717) is 0 Å². The summed E-state index contributed by atoms with van der Waals surface area (Å²) in [6.07, 6.45) is 3.33. The highest BCUT2D eigenvalue weighted by atomic mass is 19.3. The molecule has 0 radical (unpaired) electrons. The fourth-order valence-electron chi connectivity index (χ4n) is 1.88. The van der Waals surface area contributed by atoms with Crippen molar-refractivity contribution in [3.8, 4) is 0 Å². The number of carbonyl (C=O) groups excluding carboxylic acids is 1. The third-order valence-corrected chi connectivity index (χ3v) is 2.69. The minimum absolute atomic E-state index is 0.0723. The number of hydrogen-bond donors (Lipinski definition) is 1. The molecule has 0 unspecified atom stereocenters. The number of hydrogen-bond acceptors (Lipinski definition) is 2.